The van der Waals surface area contributed by atoms with Crippen molar-refractivity contribution in [1.82, 2.24) is 5.32 Å². The van der Waals surface area contributed by atoms with Gasteiger partial charge in [-0.15, -0.1) is 0 Å². The smallest absolute Gasteiger partial charge is 0.251 e. The molecule has 1 aliphatic heterocycles. The van der Waals surface area contributed by atoms with E-state index < -0.39 is 11.9 Å². The van der Waals surface area contributed by atoms with Crippen molar-refractivity contribution in [2.45, 2.75) is 6.04 Å². The molecule has 3 aromatic rings. The second-order valence-corrected chi connectivity index (χ2v) is 7.38. The number of hydrogen-bond acceptors (Lipinski definition) is 6. The molecule has 1 atom stereocenters. The van der Waals surface area contributed by atoms with E-state index in [1.54, 1.807) is 81.0 Å². The molecule has 0 saturated heterocycles. The van der Waals surface area contributed by atoms with E-state index in [-0.39, 0.29) is 12.7 Å². The number of hydrogen-bond donors (Lipinski definition) is 2. The number of carbonyl (C=O) groups excluding carboxylic acids is 2. The Morgan fingerprint density at radius 2 is 1.53 bits per heavy atom. The third-order valence-electron chi connectivity index (χ3n) is 5.18. The third-order valence-corrected chi connectivity index (χ3v) is 5.18. The number of amides is 2. The van der Waals surface area contributed by atoms with Gasteiger partial charge in [0.1, 0.15) is 17.5 Å². The van der Waals surface area contributed by atoms with Crippen molar-refractivity contribution in [2.24, 2.45) is 0 Å². The van der Waals surface area contributed by atoms with Crippen LogP contribution in [0, 0.1) is 0 Å². The van der Waals surface area contributed by atoms with Crippen LogP contribution in [0.3, 0.4) is 0 Å². The highest BCUT2D eigenvalue weighted by Crippen LogP contribution is 2.32. The quantitative estimate of drug-likeness (QED) is 0.495. The highest BCUT2D eigenvalue weighted by atomic mass is 16.7. The van der Waals surface area contributed by atoms with Gasteiger partial charge < -0.3 is 29.6 Å². The normalized spacial score (nSPS) is 12.8. The van der Waals surface area contributed by atoms with Crippen LogP contribution in [-0.2, 0) is 9.59 Å². The van der Waals surface area contributed by atoms with E-state index in [0.29, 0.717) is 34.2 Å². The average molecular weight is 460 g/mol. The van der Waals surface area contributed by atoms with Crippen molar-refractivity contribution in [2.75, 3.05) is 26.3 Å². The Morgan fingerprint density at radius 1 is 0.882 bits per heavy atom. The second-order valence-electron chi connectivity index (χ2n) is 7.38. The van der Waals surface area contributed by atoms with Gasteiger partial charge in [-0.25, -0.2) is 0 Å². The summed E-state index contributed by atoms with van der Waals surface area (Å²) in [6, 6.07) is 18.3. The fraction of sp³-hybridized carbons (Fsp3) is 0.154. The van der Waals surface area contributed by atoms with Crippen LogP contribution in [0.5, 0.6) is 23.0 Å². The SMILES string of the molecule is COc1ccc(NC(=O)[C@H](NC(=O)/C=C/c2ccc3c(c2)OCO3)c2ccc(OC)cc2)cc1. The van der Waals surface area contributed by atoms with E-state index in [0.717, 1.165) is 5.56 Å². The van der Waals surface area contributed by atoms with Crippen LogP contribution in [-0.4, -0.2) is 32.8 Å². The van der Waals surface area contributed by atoms with Gasteiger partial charge in [-0.3, -0.25) is 9.59 Å². The monoisotopic (exact) mass is 460 g/mol. The Kier molecular flexibility index (Phi) is 6.98. The molecule has 1 aliphatic rings. The summed E-state index contributed by atoms with van der Waals surface area (Å²) in [4.78, 5) is 25.8. The summed E-state index contributed by atoms with van der Waals surface area (Å²) in [6.07, 6.45) is 3.01. The standard InChI is InChI=1S/C26H24N2O6/c1-31-20-9-5-18(6-10-20)25(26(30)27-19-7-11-21(32-2)12-8-19)28-24(29)14-4-17-3-13-22-23(15-17)34-16-33-22/h3-15,25H,16H2,1-2H3,(H,27,30)(H,28,29)/b14-4+/t25-/m1/s1. The van der Waals surface area contributed by atoms with E-state index in [4.69, 9.17) is 18.9 Å². The summed E-state index contributed by atoms with van der Waals surface area (Å²) in [7, 11) is 3.13. The molecule has 0 radical (unpaired) electrons. The summed E-state index contributed by atoms with van der Waals surface area (Å²) < 4.78 is 21.0. The maximum Gasteiger partial charge on any atom is 0.251 e. The summed E-state index contributed by atoms with van der Waals surface area (Å²) in [5, 5.41) is 5.61. The van der Waals surface area contributed by atoms with Crippen molar-refractivity contribution in [3.63, 3.8) is 0 Å². The Morgan fingerprint density at radius 3 is 2.21 bits per heavy atom. The van der Waals surface area contributed by atoms with Gasteiger partial charge in [0.2, 0.25) is 12.7 Å². The minimum absolute atomic E-state index is 0.176. The van der Waals surface area contributed by atoms with Crippen molar-refractivity contribution in [3.05, 3.63) is 83.9 Å². The molecule has 0 aliphatic carbocycles. The Labute approximate surface area is 197 Å². The zero-order valence-corrected chi connectivity index (χ0v) is 18.7. The first-order valence-electron chi connectivity index (χ1n) is 10.5. The molecule has 0 aromatic heterocycles. The van der Waals surface area contributed by atoms with Gasteiger partial charge in [0.05, 0.1) is 14.2 Å². The van der Waals surface area contributed by atoms with E-state index in [1.165, 1.54) is 6.08 Å². The first-order valence-corrected chi connectivity index (χ1v) is 10.5. The molecule has 174 valence electrons. The molecular formula is C26H24N2O6. The first kappa shape index (κ1) is 22.7. The molecule has 0 unspecified atom stereocenters. The zero-order valence-electron chi connectivity index (χ0n) is 18.7. The second kappa shape index (κ2) is 10.4. The van der Waals surface area contributed by atoms with E-state index >= 15 is 0 Å². The van der Waals surface area contributed by atoms with Crippen LogP contribution in [0.2, 0.25) is 0 Å². The van der Waals surface area contributed by atoms with E-state index in [9.17, 15) is 9.59 Å². The molecule has 0 saturated carbocycles. The fourth-order valence-corrected chi connectivity index (χ4v) is 3.36. The number of methoxy groups -OCH3 is 2. The number of rotatable bonds is 8. The lowest BCUT2D eigenvalue weighted by atomic mass is 10.1. The van der Waals surface area contributed by atoms with Gasteiger partial charge >= 0.3 is 0 Å². The number of anilines is 1. The number of benzene rings is 3. The van der Waals surface area contributed by atoms with Crippen LogP contribution in [0.4, 0.5) is 5.69 Å². The number of carbonyl (C=O) groups is 2. The molecule has 1 heterocycles. The highest BCUT2D eigenvalue weighted by Gasteiger charge is 2.22. The van der Waals surface area contributed by atoms with Gasteiger partial charge in [0.25, 0.3) is 5.91 Å². The average Bonchev–Trinajstić information content (AvgIpc) is 3.34. The summed E-state index contributed by atoms with van der Waals surface area (Å²) in [5.41, 5.74) is 1.95. The molecule has 8 heteroatoms. The maximum absolute atomic E-state index is 13.1. The fourth-order valence-electron chi connectivity index (χ4n) is 3.36. The van der Waals surface area contributed by atoms with Crippen molar-refractivity contribution in [1.29, 1.82) is 0 Å². The van der Waals surface area contributed by atoms with Crippen LogP contribution >= 0.6 is 0 Å². The number of nitrogens with one attached hydrogen (secondary N) is 2. The molecule has 8 nitrogen and oxygen atoms in total. The molecule has 3 aromatic carbocycles. The molecule has 2 N–H and O–H groups in total. The summed E-state index contributed by atoms with van der Waals surface area (Å²) in [5.74, 6) is 1.79. The minimum atomic E-state index is -0.929. The lowest BCUT2D eigenvalue weighted by molar-refractivity contribution is -0.123. The topological polar surface area (TPSA) is 95.1 Å². The van der Waals surface area contributed by atoms with Crippen molar-refractivity contribution < 1.29 is 28.5 Å². The molecular weight excluding hydrogens is 436 g/mol. The van der Waals surface area contributed by atoms with Gasteiger partial charge in [-0.05, 0) is 65.7 Å². The lowest BCUT2D eigenvalue weighted by Gasteiger charge is -2.18. The van der Waals surface area contributed by atoms with Crippen molar-refractivity contribution >= 4 is 23.6 Å². The molecule has 0 fully saturated rings. The molecule has 2 amide bonds. The number of ether oxygens (including phenoxy) is 4. The van der Waals surface area contributed by atoms with E-state index in [1.807, 2.05) is 6.07 Å². The van der Waals surface area contributed by atoms with Crippen LogP contribution in [0.25, 0.3) is 6.08 Å². The Hall–Kier alpha value is -4.46. The van der Waals surface area contributed by atoms with Crippen molar-refractivity contribution in [3.8, 4) is 23.0 Å². The van der Waals surface area contributed by atoms with E-state index in [2.05, 4.69) is 10.6 Å². The third kappa shape index (κ3) is 5.47. The largest absolute Gasteiger partial charge is 0.497 e. The van der Waals surface area contributed by atoms with Crippen LogP contribution < -0.4 is 29.6 Å². The predicted molar refractivity (Wildman–Crippen MR) is 127 cm³/mol. The first-order chi connectivity index (χ1) is 16.6. The van der Waals surface area contributed by atoms with Gasteiger partial charge in [-0.2, -0.15) is 0 Å². The zero-order chi connectivity index (χ0) is 23.9. The van der Waals surface area contributed by atoms with Crippen LogP contribution in [0.1, 0.15) is 17.2 Å². The summed E-state index contributed by atoms with van der Waals surface area (Å²) >= 11 is 0. The molecule has 0 spiro atoms. The lowest BCUT2D eigenvalue weighted by Crippen LogP contribution is -2.36. The molecule has 34 heavy (non-hydrogen) atoms. The maximum atomic E-state index is 13.1. The van der Waals surface area contributed by atoms with Gasteiger partial charge in [0.15, 0.2) is 11.5 Å². The minimum Gasteiger partial charge on any atom is -0.497 e. The van der Waals surface area contributed by atoms with Gasteiger partial charge in [-0.1, -0.05) is 18.2 Å². The van der Waals surface area contributed by atoms with Crippen LogP contribution in [0.15, 0.2) is 72.8 Å². The number of fused-ring (bicyclic) bond motifs is 1. The molecule has 4 rings (SSSR count). The van der Waals surface area contributed by atoms with Gasteiger partial charge in [0, 0.05) is 11.8 Å². The predicted octanol–water partition coefficient (Wildman–Crippen LogP) is 3.94. The highest BCUT2D eigenvalue weighted by molar-refractivity contribution is 6.00. The summed E-state index contributed by atoms with van der Waals surface area (Å²) in [6.45, 7) is 0.176. The Balaban J connectivity index is 1.50. The molecule has 0 bridgehead atoms. The Bertz CT molecular complexity index is 1190.